The minimum absolute atomic E-state index is 0.101. The van der Waals surface area contributed by atoms with Crippen LogP contribution in [0, 0.1) is 5.92 Å². The first-order chi connectivity index (χ1) is 17.5. The van der Waals surface area contributed by atoms with Gasteiger partial charge in [-0.15, -0.1) is 0 Å². The van der Waals surface area contributed by atoms with E-state index in [4.69, 9.17) is 18.9 Å². The monoisotopic (exact) mass is 493 g/mol. The molecule has 36 heavy (non-hydrogen) atoms. The normalized spacial score (nSPS) is 26.6. The van der Waals surface area contributed by atoms with Gasteiger partial charge in [0.1, 0.15) is 18.0 Å². The fraction of sp³-hybridized carbons (Fsp3) is 0.429. The number of nitrogens with zero attached hydrogens (tertiary/aromatic N) is 1. The van der Waals surface area contributed by atoms with Crippen molar-refractivity contribution in [2.45, 2.75) is 57.5 Å². The Morgan fingerprint density at radius 3 is 2.81 bits per heavy atom. The summed E-state index contributed by atoms with van der Waals surface area (Å²) in [6.07, 6.45) is 0.256. The molecule has 1 aliphatic carbocycles. The molecule has 188 valence electrons. The first-order valence-corrected chi connectivity index (χ1v) is 12.5. The summed E-state index contributed by atoms with van der Waals surface area (Å²) < 4.78 is 37.2. The number of amides is 1. The maximum Gasteiger partial charge on any atom is 0.290 e. The Morgan fingerprint density at radius 2 is 1.94 bits per heavy atom. The fourth-order valence-corrected chi connectivity index (χ4v) is 5.60. The number of hydrogen-bond acceptors (Lipinski definition) is 6. The number of fused-ring (bicyclic) bond motifs is 2. The predicted octanol–water partition coefficient (Wildman–Crippen LogP) is 4.65. The highest BCUT2D eigenvalue weighted by atomic mass is 19.1. The number of hydrogen-bond donors (Lipinski definition) is 0. The van der Waals surface area contributed by atoms with Gasteiger partial charge in [0.15, 0.2) is 23.0 Å². The van der Waals surface area contributed by atoms with Crippen LogP contribution in [0.25, 0.3) is 0 Å². The molecule has 0 radical (unpaired) electrons. The van der Waals surface area contributed by atoms with Gasteiger partial charge in [-0.2, -0.15) is 0 Å². The Bertz CT molecular complexity index is 1240. The highest BCUT2D eigenvalue weighted by molar-refractivity contribution is 6.11. The Labute approximate surface area is 208 Å². The van der Waals surface area contributed by atoms with Crippen molar-refractivity contribution in [2.75, 3.05) is 13.4 Å². The van der Waals surface area contributed by atoms with Gasteiger partial charge in [0, 0.05) is 6.54 Å². The summed E-state index contributed by atoms with van der Waals surface area (Å²) in [6.45, 7) is 2.99. The van der Waals surface area contributed by atoms with Gasteiger partial charge in [0.25, 0.3) is 5.91 Å². The third-order valence-corrected chi connectivity index (χ3v) is 7.32. The van der Waals surface area contributed by atoms with Crippen LogP contribution in [0.15, 0.2) is 53.8 Å². The zero-order chi connectivity index (χ0) is 24.8. The summed E-state index contributed by atoms with van der Waals surface area (Å²) in [4.78, 5) is 29.2. The summed E-state index contributed by atoms with van der Waals surface area (Å²) in [6, 6.07) is 12.4. The number of carbonyl (C=O) groups excluding carboxylic acids is 2. The van der Waals surface area contributed by atoms with Crippen LogP contribution in [0.4, 0.5) is 4.39 Å². The molecule has 1 amide bonds. The van der Waals surface area contributed by atoms with Crippen molar-refractivity contribution in [3.05, 3.63) is 64.9 Å². The standard InChI is InChI=1S/C28H28FNO6/c1-2-10-33-19-5-3-4-17(12-19)25-24-26(31)20-13-18(29)7-9-21(20)36-27(24)28(32)30(25)14-16-6-8-22-23(11-16)35-15-34-22/h3-6,8,11-12,18,20-21,25H,2,7,9-10,13-15H2,1H3. The van der Waals surface area contributed by atoms with Crippen molar-refractivity contribution in [2.24, 2.45) is 5.92 Å². The lowest BCUT2D eigenvalue weighted by Crippen LogP contribution is -2.42. The molecule has 0 spiro atoms. The second-order valence-corrected chi connectivity index (χ2v) is 9.72. The van der Waals surface area contributed by atoms with Crippen LogP contribution in [0.1, 0.15) is 49.8 Å². The van der Waals surface area contributed by atoms with E-state index in [1.807, 2.05) is 49.4 Å². The number of Topliss-reactive ketones (excluding diaryl/α,β-unsaturated/α-hetero) is 1. The molecule has 7 nitrogen and oxygen atoms in total. The van der Waals surface area contributed by atoms with Crippen LogP contribution in [0.5, 0.6) is 17.2 Å². The lowest BCUT2D eigenvalue weighted by molar-refractivity contribution is -0.136. The van der Waals surface area contributed by atoms with Crippen LogP contribution in [0.3, 0.4) is 0 Å². The van der Waals surface area contributed by atoms with Gasteiger partial charge in [0.05, 0.1) is 24.1 Å². The molecule has 2 aromatic rings. The van der Waals surface area contributed by atoms with Gasteiger partial charge in [-0.3, -0.25) is 9.59 Å². The van der Waals surface area contributed by atoms with Crippen LogP contribution >= 0.6 is 0 Å². The van der Waals surface area contributed by atoms with E-state index in [2.05, 4.69) is 0 Å². The number of halogens is 1. The summed E-state index contributed by atoms with van der Waals surface area (Å²) in [5, 5.41) is 0. The number of benzene rings is 2. The average molecular weight is 494 g/mol. The van der Waals surface area contributed by atoms with E-state index in [1.165, 1.54) is 0 Å². The quantitative estimate of drug-likeness (QED) is 0.583. The number of ketones is 1. The lowest BCUT2D eigenvalue weighted by atomic mass is 9.77. The Morgan fingerprint density at radius 1 is 1.08 bits per heavy atom. The lowest BCUT2D eigenvalue weighted by Gasteiger charge is -2.36. The molecule has 2 aromatic carbocycles. The van der Waals surface area contributed by atoms with Gasteiger partial charge in [0.2, 0.25) is 6.79 Å². The summed E-state index contributed by atoms with van der Waals surface area (Å²) in [5.41, 5.74) is 1.92. The molecule has 1 saturated carbocycles. The topological polar surface area (TPSA) is 74.3 Å². The minimum atomic E-state index is -1.04. The minimum Gasteiger partial charge on any atom is -0.494 e. The van der Waals surface area contributed by atoms with Crippen molar-refractivity contribution in [3.8, 4) is 17.2 Å². The Hall–Kier alpha value is -3.55. The highest BCUT2D eigenvalue weighted by Crippen LogP contribution is 2.48. The number of carbonyl (C=O) groups is 2. The molecule has 6 rings (SSSR count). The molecule has 8 heteroatoms. The smallest absolute Gasteiger partial charge is 0.290 e. The van der Waals surface area contributed by atoms with Gasteiger partial charge >= 0.3 is 0 Å². The van der Waals surface area contributed by atoms with Gasteiger partial charge < -0.3 is 23.8 Å². The maximum atomic E-state index is 14.3. The van der Waals surface area contributed by atoms with E-state index in [0.717, 1.165) is 17.5 Å². The largest absolute Gasteiger partial charge is 0.494 e. The predicted molar refractivity (Wildman–Crippen MR) is 127 cm³/mol. The van der Waals surface area contributed by atoms with Crippen molar-refractivity contribution in [3.63, 3.8) is 0 Å². The average Bonchev–Trinajstić information content (AvgIpc) is 3.46. The zero-order valence-electron chi connectivity index (χ0n) is 20.1. The molecule has 0 N–H and O–H groups in total. The van der Waals surface area contributed by atoms with Crippen LogP contribution < -0.4 is 14.2 Å². The van der Waals surface area contributed by atoms with Crippen molar-refractivity contribution in [1.29, 1.82) is 0 Å². The van der Waals surface area contributed by atoms with Crippen molar-refractivity contribution >= 4 is 11.7 Å². The molecular weight excluding hydrogens is 465 g/mol. The maximum absolute atomic E-state index is 14.3. The van der Waals surface area contributed by atoms with Gasteiger partial charge in [-0.1, -0.05) is 25.1 Å². The van der Waals surface area contributed by atoms with E-state index in [9.17, 15) is 14.0 Å². The van der Waals surface area contributed by atoms with E-state index in [1.54, 1.807) is 4.90 Å². The van der Waals surface area contributed by atoms with Crippen molar-refractivity contribution in [1.82, 2.24) is 4.90 Å². The molecule has 4 atom stereocenters. The second-order valence-electron chi connectivity index (χ2n) is 9.72. The molecule has 4 aliphatic rings. The third kappa shape index (κ3) is 3.88. The molecule has 0 saturated heterocycles. The van der Waals surface area contributed by atoms with Crippen LogP contribution in [0.2, 0.25) is 0 Å². The molecule has 1 fully saturated rings. The highest BCUT2D eigenvalue weighted by Gasteiger charge is 2.53. The first-order valence-electron chi connectivity index (χ1n) is 12.5. The van der Waals surface area contributed by atoms with Crippen LogP contribution in [-0.4, -0.2) is 42.3 Å². The molecule has 3 heterocycles. The third-order valence-electron chi connectivity index (χ3n) is 7.32. The Balaban J connectivity index is 1.39. The van der Waals surface area contributed by atoms with Gasteiger partial charge in [-0.05, 0) is 61.1 Å². The van der Waals surface area contributed by atoms with E-state index < -0.39 is 24.2 Å². The van der Waals surface area contributed by atoms with Crippen molar-refractivity contribution < 1.29 is 32.9 Å². The number of alkyl halides is 1. The number of ether oxygens (including phenoxy) is 4. The van der Waals surface area contributed by atoms with E-state index in [0.29, 0.717) is 42.3 Å². The number of rotatable bonds is 6. The molecule has 0 bridgehead atoms. The molecule has 3 aliphatic heterocycles. The van der Waals surface area contributed by atoms with E-state index >= 15 is 0 Å². The summed E-state index contributed by atoms with van der Waals surface area (Å²) in [7, 11) is 0. The summed E-state index contributed by atoms with van der Waals surface area (Å²) >= 11 is 0. The zero-order valence-corrected chi connectivity index (χ0v) is 20.1. The van der Waals surface area contributed by atoms with Crippen LogP contribution in [-0.2, 0) is 20.9 Å². The van der Waals surface area contributed by atoms with Gasteiger partial charge in [-0.25, -0.2) is 4.39 Å². The molecular formula is C28H28FNO6. The summed E-state index contributed by atoms with van der Waals surface area (Å²) in [5.74, 6) is 0.955. The second kappa shape index (κ2) is 9.15. The first kappa shape index (κ1) is 22.9. The Kier molecular flexibility index (Phi) is 5.82. The SMILES string of the molecule is CCCOc1cccc(C2C3=C(OC4CCC(F)CC4C3=O)C(=O)N2Cc2ccc3c(c2)OCO3)c1. The van der Waals surface area contributed by atoms with E-state index in [-0.39, 0.29) is 37.2 Å². The molecule has 0 aromatic heterocycles. The fourth-order valence-electron chi connectivity index (χ4n) is 5.60. The molecule has 4 unspecified atom stereocenters.